The van der Waals surface area contributed by atoms with Crippen LogP contribution in [-0.2, 0) is 20.7 Å². The van der Waals surface area contributed by atoms with Crippen molar-refractivity contribution in [1.29, 1.82) is 0 Å². The molecule has 28 heavy (non-hydrogen) atoms. The SMILES string of the molecule is COC(=O)COc1ccc(CC(C)N2CCOC(c3cccc(Cl)c3)C2)cc1. The first kappa shape index (κ1) is 20.6. The molecule has 1 heterocycles. The van der Waals surface area contributed by atoms with E-state index in [-0.39, 0.29) is 18.7 Å². The lowest BCUT2D eigenvalue weighted by Gasteiger charge is -2.37. The van der Waals surface area contributed by atoms with Gasteiger partial charge in [-0.1, -0.05) is 35.9 Å². The number of rotatable bonds is 7. The summed E-state index contributed by atoms with van der Waals surface area (Å²) < 4.78 is 15.9. The fourth-order valence-corrected chi connectivity index (χ4v) is 3.57. The van der Waals surface area contributed by atoms with Crippen LogP contribution < -0.4 is 4.74 Å². The van der Waals surface area contributed by atoms with Gasteiger partial charge in [0.05, 0.1) is 19.8 Å². The fraction of sp³-hybridized carbons (Fsp3) is 0.409. The Labute approximate surface area is 171 Å². The number of morpholine rings is 1. The molecule has 0 aromatic heterocycles. The second-order valence-electron chi connectivity index (χ2n) is 6.97. The van der Waals surface area contributed by atoms with Gasteiger partial charge in [0.2, 0.25) is 0 Å². The van der Waals surface area contributed by atoms with E-state index in [9.17, 15) is 4.79 Å². The van der Waals surface area contributed by atoms with E-state index in [4.69, 9.17) is 21.1 Å². The first-order valence-corrected chi connectivity index (χ1v) is 9.82. The molecule has 1 aliphatic heterocycles. The van der Waals surface area contributed by atoms with Crippen molar-refractivity contribution in [2.24, 2.45) is 0 Å². The van der Waals surface area contributed by atoms with E-state index in [1.54, 1.807) is 0 Å². The first-order valence-electron chi connectivity index (χ1n) is 9.45. The highest BCUT2D eigenvalue weighted by molar-refractivity contribution is 6.30. The van der Waals surface area contributed by atoms with E-state index >= 15 is 0 Å². The Bertz CT molecular complexity index is 780. The Morgan fingerprint density at radius 1 is 1.29 bits per heavy atom. The van der Waals surface area contributed by atoms with Crippen molar-refractivity contribution in [3.63, 3.8) is 0 Å². The lowest BCUT2D eigenvalue weighted by atomic mass is 10.0. The third-order valence-electron chi connectivity index (χ3n) is 4.98. The fourth-order valence-electron chi connectivity index (χ4n) is 3.37. The monoisotopic (exact) mass is 403 g/mol. The highest BCUT2D eigenvalue weighted by Crippen LogP contribution is 2.26. The third kappa shape index (κ3) is 5.71. The minimum atomic E-state index is -0.390. The molecule has 2 unspecified atom stereocenters. The van der Waals surface area contributed by atoms with Crippen LogP contribution >= 0.6 is 11.6 Å². The van der Waals surface area contributed by atoms with Gasteiger partial charge in [-0.15, -0.1) is 0 Å². The van der Waals surface area contributed by atoms with Gasteiger partial charge in [0.15, 0.2) is 6.61 Å². The van der Waals surface area contributed by atoms with Gasteiger partial charge in [-0.3, -0.25) is 4.90 Å². The number of hydrogen-bond acceptors (Lipinski definition) is 5. The van der Waals surface area contributed by atoms with Gasteiger partial charge in [-0.05, 0) is 48.7 Å². The second kappa shape index (κ2) is 9.92. The summed E-state index contributed by atoms with van der Waals surface area (Å²) in [5.74, 6) is 0.272. The molecule has 2 aromatic carbocycles. The van der Waals surface area contributed by atoms with E-state index < -0.39 is 0 Å². The van der Waals surface area contributed by atoms with Crippen LogP contribution in [0.3, 0.4) is 0 Å². The minimum Gasteiger partial charge on any atom is -0.482 e. The van der Waals surface area contributed by atoms with Gasteiger partial charge in [0.25, 0.3) is 0 Å². The molecule has 0 spiro atoms. The predicted octanol–water partition coefficient (Wildman–Crippen LogP) is 3.90. The van der Waals surface area contributed by atoms with Gasteiger partial charge >= 0.3 is 5.97 Å². The van der Waals surface area contributed by atoms with Gasteiger partial charge in [-0.25, -0.2) is 4.79 Å². The summed E-state index contributed by atoms with van der Waals surface area (Å²) in [7, 11) is 1.35. The van der Waals surface area contributed by atoms with E-state index in [2.05, 4.69) is 22.6 Å². The van der Waals surface area contributed by atoms with Gasteiger partial charge in [-0.2, -0.15) is 0 Å². The second-order valence-corrected chi connectivity index (χ2v) is 7.41. The average Bonchev–Trinajstić information content (AvgIpc) is 2.73. The van der Waals surface area contributed by atoms with Crippen molar-refractivity contribution in [3.8, 4) is 5.75 Å². The van der Waals surface area contributed by atoms with Crippen LogP contribution in [0.25, 0.3) is 0 Å². The van der Waals surface area contributed by atoms with E-state index in [1.807, 2.05) is 42.5 Å². The number of nitrogens with zero attached hydrogens (tertiary/aromatic N) is 1. The lowest BCUT2D eigenvalue weighted by Crippen LogP contribution is -2.44. The topological polar surface area (TPSA) is 48.0 Å². The van der Waals surface area contributed by atoms with Crippen LogP contribution in [0.2, 0.25) is 5.02 Å². The zero-order valence-electron chi connectivity index (χ0n) is 16.3. The van der Waals surface area contributed by atoms with E-state index in [1.165, 1.54) is 12.7 Å². The molecular formula is C22H26ClNO4. The Morgan fingerprint density at radius 2 is 2.07 bits per heavy atom. The molecule has 0 saturated carbocycles. The molecule has 0 bridgehead atoms. The van der Waals surface area contributed by atoms with Crippen molar-refractivity contribution in [2.75, 3.05) is 33.4 Å². The Balaban J connectivity index is 1.55. The van der Waals surface area contributed by atoms with Crippen molar-refractivity contribution < 1.29 is 19.0 Å². The number of hydrogen-bond donors (Lipinski definition) is 0. The summed E-state index contributed by atoms with van der Waals surface area (Å²) in [6.45, 7) is 4.63. The lowest BCUT2D eigenvalue weighted by molar-refractivity contribution is -0.142. The number of carbonyl (C=O) groups is 1. The maximum absolute atomic E-state index is 11.1. The zero-order valence-corrected chi connectivity index (χ0v) is 17.0. The molecule has 0 aliphatic carbocycles. The number of carbonyl (C=O) groups excluding carboxylic acids is 1. The minimum absolute atomic E-state index is 0.0454. The average molecular weight is 404 g/mol. The maximum Gasteiger partial charge on any atom is 0.343 e. The molecule has 2 aromatic rings. The number of halogens is 1. The molecular weight excluding hydrogens is 378 g/mol. The molecule has 2 atom stereocenters. The van der Waals surface area contributed by atoms with Crippen LogP contribution in [0, 0.1) is 0 Å². The summed E-state index contributed by atoms with van der Waals surface area (Å²) in [5.41, 5.74) is 2.35. The largest absolute Gasteiger partial charge is 0.482 e. The molecule has 5 nitrogen and oxygen atoms in total. The number of ether oxygens (including phenoxy) is 3. The maximum atomic E-state index is 11.1. The standard InChI is InChI=1S/C22H26ClNO4/c1-16(12-17-6-8-20(9-7-17)28-15-22(25)26-2)24-10-11-27-21(14-24)18-4-3-5-19(23)13-18/h3-9,13,16,21H,10-12,14-15H2,1-2H3. The summed E-state index contributed by atoms with van der Waals surface area (Å²) in [5, 5.41) is 0.737. The Hall–Kier alpha value is -2.08. The van der Waals surface area contributed by atoms with Crippen LogP contribution in [-0.4, -0.2) is 50.3 Å². The molecule has 1 saturated heterocycles. The van der Waals surface area contributed by atoms with Gasteiger partial charge in [0, 0.05) is 24.2 Å². The third-order valence-corrected chi connectivity index (χ3v) is 5.22. The normalized spacial score (nSPS) is 18.5. The van der Waals surface area contributed by atoms with Crippen molar-refractivity contribution in [3.05, 3.63) is 64.7 Å². The highest BCUT2D eigenvalue weighted by Gasteiger charge is 2.25. The van der Waals surface area contributed by atoms with Gasteiger partial charge < -0.3 is 14.2 Å². The smallest absolute Gasteiger partial charge is 0.343 e. The molecule has 3 rings (SSSR count). The quantitative estimate of drug-likeness (QED) is 0.656. The molecule has 1 fully saturated rings. The van der Waals surface area contributed by atoms with Crippen molar-refractivity contribution in [1.82, 2.24) is 4.90 Å². The molecule has 0 radical (unpaired) electrons. The first-order chi connectivity index (χ1) is 13.5. The van der Waals surface area contributed by atoms with E-state index in [0.717, 1.165) is 30.1 Å². The number of benzene rings is 2. The van der Waals surface area contributed by atoms with Crippen molar-refractivity contribution in [2.45, 2.75) is 25.5 Å². The predicted molar refractivity (Wildman–Crippen MR) is 109 cm³/mol. The molecule has 0 N–H and O–H groups in total. The summed E-state index contributed by atoms with van der Waals surface area (Å²) in [6, 6.07) is 16.1. The van der Waals surface area contributed by atoms with Crippen LogP contribution in [0.15, 0.2) is 48.5 Å². The number of methoxy groups -OCH3 is 1. The Morgan fingerprint density at radius 3 is 2.79 bits per heavy atom. The van der Waals surface area contributed by atoms with Crippen LogP contribution in [0.1, 0.15) is 24.2 Å². The molecule has 1 aliphatic rings. The zero-order chi connectivity index (χ0) is 19.9. The van der Waals surface area contributed by atoms with Crippen LogP contribution in [0.5, 0.6) is 5.75 Å². The van der Waals surface area contributed by atoms with Gasteiger partial charge in [0.1, 0.15) is 5.75 Å². The van der Waals surface area contributed by atoms with E-state index in [0.29, 0.717) is 18.4 Å². The highest BCUT2D eigenvalue weighted by atomic mass is 35.5. The Kier molecular flexibility index (Phi) is 7.31. The molecule has 150 valence electrons. The summed E-state index contributed by atoms with van der Waals surface area (Å²) in [4.78, 5) is 13.6. The summed E-state index contributed by atoms with van der Waals surface area (Å²) >= 11 is 6.13. The molecule has 6 heteroatoms. The summed E-state index contributed by atoms with van der Waals surface area (Å²) in [6.07, 6.45) is 0.975. The van der Waals surface area contributed by atoms with Crippen LogP contribution in [0.4, 0.5) is 0 Å². The number of esters is 1. The molecule has 0 amide bonds. The van der Waals surface area contributed by atoms with Crippen molar-refractivity contribution >= 4 is 17.6 Å².